The third kappa shape index (κ3) is 5.87. The number of carbonyl (C=O) groups excluding carboxylic acids is 3. The van der Waals surface area contributed by atoms with Gasteiger partial charge >= 0.3 is 11.9 Å². The first-order valence-electron chi connectivity index (χ1n) is 11.3. The van der Waals surface area contributed by atoms with Crippen molar-refractivity contribution >= 4 is 34.3 Å². The van der Waals surface area contributed by atoms with Crippen LogP contribution in [0.15, 0.2) is 78.9 Å². The lowest BCUT2D eigenvalue weighted by atomic mass is 10.1. The molecule has 4 aromatic carbocycles. The Morgan fingerprint density at radius 2 is 1.38 bits per heavy atom. The van der Waals surface area contributed by atoms with E-state index in [0.717, 1.165) is 10.8 Å². The van der Waals surface area contributed by atoms with Gasteiger partial charge in [-0.3, -0.25) is 4.79 Å². The van der Waals surface area contributed by atoms with Gasteiger partial charge in [-0.1, -0.05) is 30.3 Å². The summed E-state index contributed by atoms with van der Waals surface area (Å²) >= 11 is 0. The standard InChI is InChI=1S/C29H25NO7/c1-34-26-11-9-20(12-23(26)17-37-25-10-8-18-6-4-5-7-19(18)16-25)27(31)30-24-14-21(28(32)35-2)13-22(15-24)29(33)36-3/h4-16H,17H2,1-3H3,(H,30,31). The molecule has 0 atom stereocenters. The molecule has 0 saturated heterocycles. The first kappa shape index (κ1) is 25.2. The molecule has 188 valence electrons. The lowest BCUT2D eigenvalue weighted by Crippen LogP contribution is -2.15. The van der Waals surface area contributed by atoms with E-state index < -0.39 is 17.8 Å². The van der Waals surface area contributed by atoms with Gasteiger partial charge in [-0.05, 0) is 59.3 Å². The number of carbonyl (C=O) groups is 3. The van der Waals surface area contributed by atoms with Crippen molar-refractivity contribution in [3.63, 3.8) is 0 Å². The fourth-order valence-corrected chi connectivity index (χ4v) is 3.83. The van der Waals surface area contributed by atoms with Gasteiger partial charge in [-0.25, -0.2) is 9.59 Å². The molecule has 4 aromatic rings. The van der Waals surface area contributed by atoms with E-state index in [1.54, 1.807) is 25.3 Å². The Hall–Kier alpha value is -4.85. The summed E-state index contributed by atoms with van der Waals surface area (Å²) in [5, 5.41) is 4.88. The average Bonchev–Trinajstić information content (AvgIpc) is 2.94. The number of benzene rings is 4. The molecule has 1 amide bonds. The smallest absolute Gasteiger partial charge is 0.337 e. The van der Waals surface area contributed by atoms with E-state index in [-0.39, 0.29) is 23.4 Å². The Labute approximate surface area is 213 Å². The van der Waals surface area contributed by atoms with Gasteiger partial charge in [0.05, 0.1) is 32.5 Å². The highest BCUT2D eigenvalue weighted by Crippen LogP contribution is 2.26. The second-order valence-corrected chi connectivity index (χ2v) is 8.06. The molecule has 0 radical (unpaired) electrons. The highest BCUT2D eigenvalue weighted by Gasteiger charge is 2.17. The molecule has 0 aliphatic carbocycles. The number of esters is 2. The van der Waals surface area contributed by atoms with Gasteiger partial charge in [0, 0.05) is 16.8 Å². The molecular formula is C29H25NO7. The maximum atomic E-state index is 13.1. The molecule has 0 bridgehead atoms. The molecule has 0 aliphatic heterocycles. The lowest BCUT2D eigenvalue weighted by Gasteiger charge is -2.13. The molecule has 0 fully saturated rings. The third-order valence-corrected chi connectivity index (χ3v) is 5.69. The topological polar surface area (TPSA) is 100 Å². The molecule has 0 saturated carbocycles. The van der Waals surface area contributed by atoms with Crippen LogP contribution in [0.25, 0.3) is 10.8 Å². The van der Waals surface area contributed by atoms with Gasteiger partial charge in [-0.15, -0.1) is 0 Å². The Morgan fingerprint density at radius 1 is 0.703 bits per heavy atom. The third-order valence-electron chi connectivity index (χ3n) is 5.69. The monoisotopic (exact) mass is 499 g/mol. The summed E-state index contributed by atoms with van der Waals surface area (Å²) in [4.78, 5) is 37.2. The lowest BCUT2D eigenvalue weighted by molar-refractivity contribution is 0.0599. The van der Waals surface area contributed by atoms with E-state index in [1.807, 2.05) is 42.5 Å². The molecule has 0 heterocycles. The van der Waals surface area contributed by atoms with Crippen LogP contribution in [0.3, 0.4) is 0 Å². The number of hydrogen-bond donors (Lipinski definition) is 1. The minimum absolute atomic E-state index is 0.0971. The summed E-state index contributed by atoms with van der Waals surface area (Å²) < 4.78 is 20.9. The Balaban J connectivity index is 1.56. The van der Waals surface area contributed by atoms with E-state index in [4.69, 9.17) is 18.9 Å². The molecule has 8 heteroatoms. The van der Waals surface area contributed by atoms with Gasteiger partial charge in [0.1, 0.15) is 18.1 Å². The van der Waals surface area contributed by atoms with Gasteiger partial charge < -0.3 is 24.3 Å². The molecule has 8 nitrogen and oxygen atoms in total. The second kappa shape index (κ2) is 11.3. The number of amides is 1. The Kier molecular flexibility index (Phi) is 7.68. The fourth-order valence-electron chi connectivity index (χ4n) is 3.83. The number of nitrogens with one attached hydrogen (secondary N) is 1. The number of ether oxygens (including phenoxy) is 4. The molecule has 0 unspecified atom stereocenters. The van der Waals surface area contributed by atoms with Gasteiger partial charge in [0.15, 0.2) is 0 Å². The number of hydrogen-bond acceptors (Lipinski definition) is 7. The largest absolute Gasteiger partial charge is 0.496 e. The van der Waals surface area contributed by atoms with Crippen LogP contribution in [0.5, 0.6) is 11.5 Å². The summed E-state index contributed by atoms with van der Waals surface area (Å²) in [7, 11) is 4.00. The summed E-state index contributed by atoms with van der Waals surface area (Å²) in [6.45, 7) is 0.174. The minimum Gasteiger partial charge on any atom is -0.496 e. The normalized spacial score (nSPS) is 10.5. The van der Waals surface area contributed by atoms with Crippen molar-refractivity contribution in [2.75, 3.05) is 26.6 Å². The van der Waals surface area contributed by atoms with Crippen molar-refractivity contribution in [1.82, 2.24) is 0 Å². The SMILES string of the molecule is COC(=O)c1cc(NC(=O)c2ccc(OC)c(COc3ccc4ccccc4c3)c2)cc(C(=O)OC)c1. The average molecular weight is 500 g/mol. The number of methoxy groups -OCH3 is 3. The molecule has 0 aromatic heterocycles. The predicted molar refractivity (Wildman–Crippen MR) is 138 cm³/mol. The van der Waals surface area contributed by atoms with Crippen molar-refractivity contribution in [2.24, 2.45) is 0 Å². The molecular weight excluding hydrogens is 474 g/mol. The minimum atomic E-state index is -0.654. The van der Waals surface area contributed by atoms with E-state index >= 15 is 0 Å². The summed E-state index contributed by atoms with van der Waals surface area (Å²) in [6.07, 6.45) is 0. The quantitative estimate of drug-likeness (QED) is 0.330. The van der Waals surface area contributed by atoms with Crippen LogP contribution in [0.4, 0.5) is 5.69 Å². The van der Waals surface area contributed by atoms with Gasteiger partial charge in [0.25, 0.3) is 5.91 Å². The number of fused-ring (bicyclic) bond motifs is 1. The first-order valence-corrected chi connectivity index (χ1v) is 11.3. The summed E-state index contributed by atoms with van der Waals surface area (Å²) in [5.74, 6) is -0.506. The highest BCUT2D eigenvalue weighted by atomic mass is 16.5. The van der Waals surface area contributed by atoms with Crippen LogP contribution in [-0.4, -0.2) is 39.2 Å². The zero-order valence-corrected chi connectivity index (χ0v) is 20.6. The van der Waals surface area contributed by atoms with E-state index in [2.05, 4.69) is 5.32 Å². The number of anilines is 1. The molecule has 1 N–H and O–H groups in total. The second-order valence-electron chi connectivity index (χ2n) is 8.06. The van der Waals surface area contributed by atoms with Crippen LogP contribution in [-0.2, 0) is 16.1 Å². The van der Waals surface area contributed by atoms with Crippen molar-refractivity contribution in [2.45, 2.75) is 6.61 Å². The van der Waals surface area contributed by atoms with E-state index in [1.165, 1.54) is 32.4 Å². The highest BCUT2D eigenvalue weighted by molar-refractivity contribution is 6.06. The fraction of sp³-hybridized carbons (Fsp3) is 0.138. The maximum absolute atomic E-state index is 13.1. The molecule has 0 spiro atoms. The molecule has 0 aliphatic rings. The van der Waals surface area contributed by atoms with Crippen LogP contribution >= 0.6 is 0 Å². The van der Waals surface area contributed by atoms with E-state index in [0.29, 0.717) is 22.6 Å². The molecule has 37 heavy (non-hydrogen) atoms. The van der Waals surface area contributed by atoms with Crippen LogP contribution < -0.4 is 14.8 Å². The van der Waals surface area contributed by atoms with Gasteiger partial charge in [-0.2, -0.15) is 0 Å². The molecule has 4 rings (SSSR count). The van der Waals surface area contributed by atoms with Crippen LogP contribution in [0.2, 0.25) is 0 Å². The van der Waals surface area contributed by atoms with Crippen molar-refractivity contribution in [1.29, 1.82) is 0 Å². The Bertz CT molecular complexity index is 1440. The summed E-state index contributed by atoms with van der Waals surface area (Å²) in [5.41, 5.74) is 1.43. The van der Waals surface area contributed by atoms with Crippen LogP contribution in [0, 0.1) is 0 Å². The summed E-state index contributed by atoms with van der Waals surface area (Å²) in [6, 6.07) is 22.9. The number of rotatable bonds is 8. The zero-order chi connectivity index (χ0) is 26.4. The van der Waals surface area contributed by atoms with E-state index in [9.17, 15) is 14.4 Å². The first-order chi connectivity index (χ1) is 17.9. The Morgan fingerprint density at radius 3 is 2.03 bits per heavy atom. The van der Waals surface area contributed by atoms with Crippen molar-refractivity contribution in [3.05, 3.63) is 101 Å². The van der Waals surface area contributed by atoms with Crippen LogP contribution in [0.1, 0.15) is 36.6 Å². The maximum Gasteiger partial charge on any atom is 0.337 e. The van der Waals surface area contributed by atoms with Crippen molar-refractivity contribution in [3.8, 4) is 11.5 Å². The van der Waals surface area contributed by atoms with Crippen molar-refractivity contribution < 1.29 is 33.3 Å². The van der Waals surface area contributed by atoms with Gasteiger partial charge in [0.2, 0.25) is 0 Å². The zero-order valence-electron chi connectivity index (χ0n) is 20.6. The predicted octanol–water partition coefficient (Wildman–Crippen LogP) is 5.25.